The Morgan fingerprint density at radius 3 is 2.74 bits per heavy atom. The van der Waals surface area contributed by atoms with Crippen molar-refractivity contribution in [1.29, 1.82) is 0 Å². The number of carbonyl (C=O) groups excluding carboxylic acids is 1. The third-order valence-corrected chi connectivity index (χ3v) is 4.70. The van der Waals surface area contributed by atoms with E-state index in [-0.39, 0.29) is 11.5 Å². The van der Waals surface area contributed by atoms with E-state index in [0.29, 0.717) is 35.9 Å². The van der Waals surface area contributed by atoms with Crippen molar-refractivity contribution >= 4 is 18.2 Å². The number of ether oxygens (including phenoxy) is 3. The third kappa shape index (κ3) is 3.97. The Labute approximate surface area is 161 Å². The molecule has 0 aliphatic carbocycles. The number of β-amino-alcohol motifs (C(OH)–C–C–N with tert-alkyl or cyclic N) is 1. The highest BCUT2D eigenvalue weighted by Crippen LogP contribution is 2.32. The Kier molecular flexibility index (Phi) is 5.78. The summed E-state index contributed by atoms with van der Waals surface area (Å²) < 4.78 is 22.4. The Bertz CT molecular complexity index is 880. The van der Waals surface area contributed by atoms with E-state index in [9.17, 15) is 9.90 Å². The Morgan fingerprint density at radius 1 is 1.33 bits per heavy atom. The Morgan fingerprint density at radius 2 is 2.07 bits per heavy atom. The van der Waals surface area contributed by atoms with E-state index < -0.39 is 18.1 Å². The van der Waals surface area contributed by atoms with Gasteiger partial charge in [-0.25, -0.2) is 4.68 Å². The second-order valence-corrected chi connectivity index (χ2v) is 6.43. The van der Waals surface area contributed by atoms with Gasteiger partial charge in [0.25, 0.3) is 4.84 Å². The molecule has 9 nitrogen and oxygen atoms in total. The standard InChI is InChI=1S/C17H21N3O6S/c1-23-13-5-4-10(6-14(13)24-2)15-18-20(17(27)26-15)9-19-8-11(21)7-12(19)16(22)25-3/h4-6,11-12,21H,7-9H2,1-3H3/t11-,12+/m1/s1. The lowest BCUT2D eigenvalue weighted by Gasteiger charge is -2.21. The van der Waals surface area contributed by atoms with Gasteiger partial charge in [-0.1, -0.05) is 0 Å². The summed E-state index contributed by atoms with van der Waals surface area (Å²) >= 11 is 5.25. The SMILES string of the molecule is COC(=O)[C@@H]1C[C@@H](O)CN1Cn1nc(-c2ccc(OC)c(OC)c2)oc1=S. The first-order valence-corrected chi connectivity index (χ1v) is 8.68. The van der Waals surface area contributed by atoms with Gasteiger partial charge < -0.3 is 23.7 Å². The lowest BCUT2D eigenvalue weighted by molar-refractivity contribution is -0.146. The fourth-order valence-electron chi connectivity index (χ4n) is 3.07. The van der Waals surface area contributed by atoms with Gasteiger partial charge in [-0.3, -0.25) is 9.69 Å². The fraction of sp³-hybridized carbons (Fsp3) is 0.471. The van der Waals surface area contributed by atoms with E-state index in [4.69, 9.17) is 30.8 Å². The summed E-state index contributed by atoms with van der Waals surface area (Å²) in [5.74, 6) is 1.04. The summed E-state index contributed by atoms with van der Waals surface area (Å²) in [6.45, 7) is 0.520. The first-order chi connectivity index (χ1) is 13.0. The summed E-state index contributed by atoms with van der Waals surface area (Å²) in [4.78, 5) is 13.8. The fourth-order valence-corrected chi connectivity index (χ4v) is 3.25. The molecule has 146 valence electrons. The minimum absolute atomic E-state index is 0.157. The van der Waals surface area contributed by atoms with Crippen LogP contribution in [0.1, 0.15) is 6.42 Å². The quantitative estimate of drug-likeness (QED) is 0.575. The summed E-state index contributed by atoms with van der Waals surface area (Å²) in [5, 5.41) is 14.3. The monoisotopic (exact) mass is 395 g/mol. The highest BCUT2D eigenvalue weighted by atomic mass is 32.1. The molecule has 0 radical (unpaired) electrons. The van der Waals surface area contributed by atoms with Crippen LogP contribution in [0.3, 0.4) is 0 Å². The van der Waals surface area contributed by atoms with Gasteiger partial charge in [0.2, 0.25) is 5.89 Å². The van der Waals surface area contributed by atoms with Crippen molar-refractivity contribution in [1.82, 2.24) is 14.7 Å². The molecule has 1 fully saturated rings. The molecule has 27 heavy (non-hydrogen) atoms. The van der Waals surface area contributed by atoms with Crippen LogP contribution in [0.2, 0.25) is 0 Å². The van der Waals surface area contributed by atoms with Gasteiger partial charge in [-0.2, -0.15) is 0 Å². The molecule has 1 aromatic carbocycles. The molecule has 0 saturated carbocycles. The van der Waals surface area contributed by atoms with Gasteiger partial charge in [-0.15, -0.1) is 5.10 Å². The predicted molar refractivity (Wildman–Crippen MR) is 97.0 cm³/mol. The summed E-state index contributed by atoms with van der Waals surface area (Å²) in [5.41, 5.74) is 0.670. The number of methoxy groups -OCH3 is 3. The minimum atomic E-state index is -0.611. The van der Waals surface area contributed by atoms with E-state index in [2.05, 4.69) is 5.10 Å². The second kappa shape index (κ2) is 8.07. The van der Waals surface area contributed by atoms with Crippen LogP contribution in [-0.2, 0) is 16.2 Å². The molecular weight excluding hydrogens is 374 g/mol. The number of aromatic nitrogens is 2. The largest absolute Gasteiger partial charge is 0.493 e. The normalized spacial score (nSPS) is 19.9. The summed E-state index contributed by atoms with van der Waals surface area (Å²) in [6, 6.07) is 4.72. The van der Waals surface area contributed by atoms with E-state index >= 15 is 0 Å². The zero-order valence-corrected chi connectivity index (χ0v) is 16.1. The number of hydrogen-bond donors (Lipinski definition) is 1. The van der Waals surface area contributed by atoms with Crippen molar-refractivity contribution in [2.75, 3.05) is 27.9 Å². The number of carbonyl (C=O) groups is 1. The molecule has 10 heteroatoms. The molecule has 2 heterocycles. The van der Waals surface area contributed by atoms with Crippen molar-refractivity contribution in [3.05, 3.63) is 23.0 Å². The van der Waals surface area contributed by atoms with Crippen LogP contribution in [-0.4, -0.2) is 65.8 Å². The minimum Gasteiger partial charge on any atom is -0.493 e. The number of benzene rings is 1. The van der Waals surface area contributed by atoms with Crippen LogP contribution in [0, 0.1) is 4.84 Å². The van der Waals surface area contributed by atoms with E-state index in [1.54, 1.807) is 37.3 Å². The maximum absolute atomic E-state index is 11.9. The molecule has 3 rings (SSSR count). The molecule has 1 aliphatic heterocycles. The van der Waals surface area contributed by atoms with Gasteiger partial charge in [0, 0.05) is 18.5 Å². The molecule has 2 atom stereocenters. The first-order valence-electron chi connectivity index (χ1n) is 8.27. The van der Waals surface area contributed by atoms with Crippen LogP contribution >= 0.6 is 12.2 Å². The zero-order chi connectivity index (χ0) is 19.6. The molecule has 1 N–H and O–H groups in total. The van der Waals surface area contributed by atoms with Crippen molar-refractivity contribution < 1.29 is 28.5 Å². The molecule has 0 amide bonds. The Hall–Kier alpha value is -2.43. The molecule has 1 aromatic heterocycles. The van der Waals surface area contributed by atoms with Crippen molar-refractivity contribution in [2.24, 2.45) is 0 Å². The van der Waals surface area contributed by atoms with E-state index in [1.807, 2.05) is 0 Å². The number of hydrogen-bond acceptors (Lipinski definition) is 9. The van der Waals surface area contributed by atoms with E-state index in [0.717, 1.165) is 0 Å². The maximum atomic E-state index is 11.9. The number of likely N-dealkylation sites (tertiary alicyclic amines) is 1. The highest BCUT2D eigenvalue weighted by molar-refractivity contribution is 7.71. The molecular formula is C17H21N3O6S. The molecule has 0 bridgehead atoms. The molecule has 1 saturated heterocycles. The van der Waals surface area contributed by atoms with Crippen LogP contribution in [0.5, 0.6) is 11.5 Å². The Balaban J connectivity index is 1.85. The lowest BCUT2D eigenvalue weighted by Crippen LogP contribution is -2.38. The van der Waals surface area contributed by atoms with Gasteiger partial charge in [-0.05, 0) is 30.4 Å². The second-order valence-electron chi connectivity index (χ2n) is 6.08. The maximum Gasteiger partial charge on any atom is 0.323 e. The van der Waals surface area contributed by atoms with Crippen LogP contribution < -0.4 is 9.47 Å². The van der Waals surface area contributed by atoms with Gasteiger partial charge in [0.15, 0.2) is 11.5 Å². The number of rotatable bonds is 6. The summed E-state index contributed by atoms with van der Waals surface area (Å²) in [6.07, 6.45) is -0.305. The van der Waals surface area contributed by atoms with Crippen molar-refractivity contribution in [2.45, 2.75) is 25.2 Å². The van der Waals surface area contributed by atoms with Crippen LogP contribution in [0.25, 0.3) is 11.5 Å². The summed E-state index contributed by atoms with van der Waals surface area (Å²) in [7, 11) is 4.42. The van der Waals surface area contributed by atoms with Gasteiger partial charge in [0.05, 0.1) is 34.1 Å². The smallest absolute Gasteiger partial charge is 0.323 e. The number of nitrogens with zero attached hydrogens (tertiary/aromatic N) is 3. The number of aliphatic hydroxyl groups excluding tert-OH is 1. The van der Waals surface area contributed by atoms with E-state index in [1.165, 1.54) is 11.8 Å². The average molecular weight is 395 g/mol. The topological polar surface area (TPSA) is 99.2 Å². The predicted octanol–water partition coefficient (Wildman–Crippen LogP) is 1.46. The van der Waals surface area contributed by atoms with Gasteiger partial charge in [0.1, 0.15) is 6.04 Å². The van der Waals surface area contributed by atoms with Gasteiger partial charge >= 0.3 is 5.97 Å². The zero-order valence-electron chi connectivity index (χ0n) is 15.2. The number of esters is 1. The molecule has 0 unspecified atom stereocenters. The highest BCUT2D eigenvalue weighted by Gasteiger charge is 2.37. The van der Waals surface area contributed by atoms with Crippen molar-refractivity contribution in [3.63, 3.8) is 0 Å². The molecule has 2 aromatic rings. The molecule has 1 aliphatic rings. The molecule has 0 spiro atoms. The third-order valence-electron chi connectivity index (χ3n) is 4.41. The lowest BCUT2D eigenvalue weighted by atomic mass is 10.2. The average Bonchev–Trinajstić information content (AvgIpc) is 3.23. The van der Waals surface area contributed by atoms with Crippen LogP contribution in [0.4, 0.5) is 0 Å². The van der Waals surface area contributed by atoms with Crippen molar-refractivity contribution in [3.8, 4) is 23.0 Å². The first kappa shape index (κ1) is 19.3. The van der Waals surface area contributed by atoms with Crippen LogP contribution in [0.15, 0.2) is 22.6 Å². The number of aliphatic hydroxyl groups is 1.